The zero-order chi connectivity index (χ0) is 4.00. The van der Waals surface area contributed by atoms with Gasteiger partial charge in [0.2, 0.25) is 0 Å². The summed E-state index contributed by atoms with van der Waals surface area (Å²) < 4.78 is 0. The van der Waals surface area contributed by atoms with Crippen LogP contribution in [0.25, 0.3) is 0 Å². The second kappa shape index (κ2) is 64.1. The molecular weight excluding hydrogens is 238 g/mol. The molecule has 0 bridgehead atoms. The molecule has 0 aliphatic heterocycles. The molecule has 30 valence electrons. The van der Waals surface area contributed by atoms with E-state index in [0.717, 1.165) is 0 Å². The van der Waals surface area contributed by atoms with Crippen LogP contribution in [0.2, 0.25) is 0 Å². The first-order chi connectivity index (χ1) is 2.00. The summed E-state index contributed by atoms with van der Waals surface area (Å²) in [7, 11) is 0. The summed E-state index contributed by atoms with van der Waals surface area (Å²) in [5.74, 6) is 0. The smallest absolute Gasteiger partial charge is 0.512 e. The summed E-state index contributed by atoms with van der Waals surface area (Å²) >= 11 is 0. The quantitative estimate of drug-likeness (QED) is 0.312. The average Bonchev–Trinajstić information content (AvgIpc) is 1.50. The summed E-state index contributed by atoms with van der Waals surface area (Å²) in [4.78, 5) is 0. The van der Waals surface area contributed by atoms with Crippen molar-refractivity contribution in [3.63, 3.8) is 0 Å². The Morgan fingerprint density at radius 3 is 0.714 bits per heavy atom. The van der Waals surface area contributed by atoms with Crippen LogP contribution in [0.15, 0.2) is 0 Å². The molecule has 0 radical (unpaired) electrons. The third kappa shape index (κ3) is 49.1. The largest absolute Gasteiger partial charge is 1.00 e. The minimum absolute atomic E-state index is 0. The van der Waals surface area contributed by atoms with E-state index in [-0.39, 0.29) is 125 Å². The van der Waals surface area contributed by atoms with E-state index in [0.29, 0.717) is 0 Å². The van der Waals surface area contributed by atoms with Crippen LogP contribution < -0.4 is 103 Å². The molecule has 0 saturated carbocycles. The van der Waals surface area contributed by atoms with Gasteiger partial charge in [0.25, 0.3) is 0 Å². The van der Waals surface area contributed by atoms with E-state index in [1.165, 1.54) is 0 Å². The molecule has 5 heteroatoms. The van der Waals surface area contributed by atoms with Gasteiger partial charge >= 0.3 is 125 Å². The normalized spacial score (nSPS) is 0.571. The Kier molecular flexibility index (Phi) is 297. The molecule has 0 rings (SSSR count). The first kappa shape index (κ1) is 32.4. The van der Waals surface area contributed by atoms with Gasteiger partial charge in [-0.1, -0.05) is 0 Å². The molecule has 0 fully saturated rings. The third-order valence-corrected chi connectivity index (χ3v) is 0. The maximum atomic E-state index is 6.25. The summed E-state index contributed by atoms with van der Waals surface area (Å²) in [6, 6.07) is 0. The Morgan fingerprint density at radius 1 is 0.714 bits per heavy atom. The molecule has 0 aliphatic carbocycles. The van der Waals surface area contributed by atoms with E-state index >= 15 is 0 Å². The SMILES string of the molecule is [Ag+].[C-]#N.[C-]#N.[K+].[K+]. The molecule has 7 heavy (non-hydrogen) atoms. The van der Waals surface area contributed by atoms with Crippen molar-refractivity contribution in [2.24, 2.45) is 0 Å². The second-order valence-corrected chi connectivity index (χ2v) is 0. The van der Waals surface area contributed by atoms with Gasteiger partial charge in [-0.2, -0.15) is 0 Å². The van der Waals surface area contributed by atoms with Gasteiger partial charge in [0.1, 0.15) is 0 Å². The van der Waals surface area contributed by atoms with Crippen molar-refractivity contribution in [1.29, 1.82) is 10.5 Å². The summed E-state index contributed by atoms with van der Waals surface area (Å²) in [5.41, 5.74) is 0. The number of hydrogen-bond donors (Lipinski definition) is 0. The van der Waals surface area contributed by atoms with Gasteiger partial charge < -0.3 is 23.7 Å². The average molecular weight is 238 g/mol. The molecule has 0 N–H and O–H groups in total. The molecule has 0 saturated heterocycles. The van der Waals surface area contributed by atoms with Crippen LogP contribution in [0, 0.1) is 23.7 Å². The standard InChI is InChI=1S/2CN.Ag.2K/c2*1-2;;;/q2*-1;3*+1. The molecule has 0 aromatic heterocycles. The monoisotopic (exact) mass is 237 g/mol. The predicted molar refractivity (Wildman–Crippen MR) is 9.94 cm³/mol. The van der Waals surface area contributed by atoms with Gasteiger partial charge in [-0.15, -0.1) is 0 Å². The van der Waals surface area contributed by atoms with Crippen LogP contribution in [0.5, 0.6) is 0 Å². The molecule has 0 aromatic rings. The Balaban J connectivity index is -0.00000000267. The van der Waals surface area contributed by atoms with E-state index < -0.39 is 0 Å². The predicted octanol–water partition coefficient (Wildman–Crippen LogP) is -5.80. The van der Waals surface area contributed by atoms with Crippen molar-refractivity contribution in [2.45, 2.75) is 0 Å². The fourth-order valence-electron chi connectivity index (χ4n) is 0. The molecule has 0 aromatic carbocycles. The van der Waals surface area contributed by atoms with Gasteiger partial charge in [-0.3, -0.25) is 0 Å². The van der Waals surface area contributed by atoms with Crippen molar-refractivity contribution >= 4 is 0 Å². The summed E-state index contributed by atoms with van der Waals surface area (Å²) in [6.07, 6.45) is 0. The Labute approximate surface area is 144 Å². The molecule has 0 spiro atoms. The molecule has 2 nitrogen and oxygen atoms in total. The Morgan fingerprint density at radius 2 is 0.714 bits per heavy atom. The van der Waals surface area contributed by atoms with Gasteiger partial charge in [0.15, 0.2) is 0 Å². The minimum atomic E-state index is 0. The molecule has 0 amide bonds. The fourth-order valence-corrected chi connectivity index (χ4v) is 0. The van der Waals surface area contributed by atoms with Crippen LogP contribution in [-0.2, 0) is 22.4 Å². The fraction of sp³-hybridized carbons (Fsp3) is 0. The van der Waals surface area contributed by atoms with Crippen molar-refractivity contribution in [3.8, 4) is 0 Å². The van der Waals surface area contributed by atoms with Crippen molar-refractivity contribution in [1.82, 2.24) is 0 Å². The van der Waals surface area contributed by atoms with E-state index in [1.54, 1.807) is 0 Å². The first-order valence-corrected chi connectivity index (χ1v) is 0.447. The summed E-state index contributed by atoms with van der Waals surface area (Å²) in [5, 5.41) is 12.5. The molecule has 0 heterocycles. The van der Waals surface area contributed by atoms with E-state index in [9.17, 15) is 0 Å². The van der Waals surface area contributed by atoms with Gasteiger partial charge in [0.05, 0.1) is 0 Å². The topological polar surface area (TPSA) is 47.6 Å². The van der Waals surface area contributed by atoms with Gasteiger partial charge in [-0.25, -0.2) is 0 Å². The summed E-state index contributed by atoms with van der Waals surface area (Å²) in [6.45, 7) is 9.50. The Hall–Kier alpha value is 2.99. The zero-order valence-electron chi connectivity index (χ0n) is 4.20. The van der Waals surface area contributed by atoms with Crippen LogP contribution >= 0.6 is 0 Å². The van der Waals surface area contributed by atoms with Crippen LogP contribution in [0.4, 0.5) is 0 Å². The number of hydrogen-bond acceptors (Lipinski definition) is 2. The van der Waals surface area contributed by atoms with Crippen molar-refractivity contribution in [3.05, 3.63) is 13.1 Å². The first-order valence-electron chi connectivity index (χ1n) is 0.447. The molecule has 0 aliphatic rings. The number of nitrogens with zero attached hydrogens (tertiary/aromatic N) is 2. The van der Waals surface area contributed by atoms with Crippen LogP contribution in [-0.4, -0.2) is 0 Å². The molecular formula is C2AgK2N2+. The van der Waals surface area contributed by atoms with Crippen molar-refractivity contribution < 1.29 is 125 Å². The second-order valence-electron chi connectivity index (χ2n) is 0. The number of rotatable bonds is 0. The maximum absolute atomic E-state index is 6.25. The zero-order valence-corrected chi connectivity index (χ0v) is 11.9. The molecule has 0 unspecified atom stereocenters. The van der Waals surface area contributed by atoms with Gasteiger partial charge in [0, 0.05) is 0 Å². The van der Waals surface area contributed by atoms with Crippen LogP contribution in [0.1, 0.15) is 0 Å². The van der Waals surface area contributed by atoms with Crippen LogP contribution in [0.3, 0.4) is 0 Å². The van der Waals surface area contributed by atoms with E-state index in [2.05, 4.69) is 0 Å². The van der Waals surface area contributed by atoms with Gasteiger partial charge in [-0.05, 0) is 0 Å². The molecule has 0 atom stereocenters. The maximum Gasteiger partial charge on any atom is 1.00 e. The minimum Gasteiger partial charge on any atom is -0.512 e. The third-order valence-electron chi connectivity index (χ3n) is 0. The van der Waals surface area contributed by atoms with E-state index in [1.807, 2.05) is 0 Å². The van der Waals surface area contributed by atoms with E-state index in [4.69, 9.17) is 23.7 Å². The van der Waals surface area contributed by atoms with Crippen molar-refractivity contribution in [2.75, 3.05) is 0 Å². The Bertz CT molecular complexity index is 29.2.